The van der Waals surface area contributed by atoms with E-state index in [2.05, 4.69) is 5.32 Å². The number of hydrogen-bond donors (Lipinski definition) is 1. The topological polar surface area (TPSA) is 67.4 Å². The Kier molecular flexibility index (Phi) is 4.41. The molecule has 2 aromatic carbocycles. The normalized spacial score (nSPS) is 11.8. The fourth-order valence-corrected chi connectivity index (χ4v) is 2.58. The molecule has 1 aliphatic rings. The van der Waals surface area contributed by atoms with Crippen LogP contribution in [0.1, 0.15) is 0 Å². The van der Waals surface area contributed by atoms with Crippen LogP contribution in [0, 0.1) is 0 Å². The molecule has 2 aromatic rings. The van der Waals surface area contributed by atoms with E-state index in [1.165, 1.54) is 0 Å². The van der Waals surface area contributed by atoms with Gasteiger partial charge in [0.2, 0.25) is 18.3 Å². The highest BCUT2D eigenvalue weighted by Crippen LogP contribution is 2.49. The summed E-state index contributed by atoms with van der Waals surface area (Å²) in [5.74, 6) is 3.40. The van der Waals surface area contributed by atoms with Crippen molar-refractivity contribution in [1.82, 2.24) is 0 Å². The Morgan fingerprint density at radius 2 is 1.33 bits per heavy atom. The van der Waals surface area contributed by atoms with Gasteiger partial charge in [-0.25, -0.2) is 0 Å². The zero-order valence-corrected chi connectivity index (χ0v) is 14.0. The highest BCUT2D eigenvalue weighted by molar-refractivity contribution is 5.78. The quantitative estimate of drug-likeness (QED) is 0.870. The van der Waals surface area contributed by atoms with E-state index in [9.17, 15) is 0 Å². The van der Waals surface area contributed by atoms with Crippen LogP contribution in [0.2, 0.25) is 0 Å². The summed E-state index contributed by atoms with van der Waals surface area (Å²) in [4.78, 5) is 0. The van der Waals surface area contributed by atoms with Crippen LogP contribution in [0.25, 0.3) is 0 Å². The van der Waals surface area contributed by atoms with E-state index in [1.807, 2.05) is 18.2 Å². The van der Waals surface area contributed by atoms with Crippen LogP contribution in [0.4, 0.5) is 11.4 Å². The van der Waals surface area contributed by atoms with Gasteiger partial charge in [0.15, 0.2) is 23.0 Å². The summed E-state index contributed by atoms with van der Waals surface area (Å²) < 4.78 is 32.5. The number of methoxy groups -OCH3 is 4. The maximum Gasteiger partial charge on any atom is 0.231 e. The van der Waals surface area contributed by atoms with Crippen molar-refractivity contribution >= 4 is 11.4 Å². The Balaban J connectivity index is 2.02. The summed E-state index contributed by atoms with van der Waals surface area (Å²) in [6.07, 6.45) is 0. The average Bonchev–Trinajstić information content (AvgIpc) is 3.11. The molecule has 24 heavy (non-hydrogen) atoms. The van der Waals surface area contributed by atoms with Gasteiger partial charge in [-0.2, -0.15) is 0 Å². The van der Waals surface area contributed by atoms with Crippen molar-refractivity contribution in [3.05, 3.63) is 24.3 Å². The molecule has 3 rings (SSSR count). The van der Waals surface area contributed by atoms with Gasteiger partial charge in [0.25, 0.3) is 0 Å². The van der Waals surface area contributed by atoms with E-state index < -0.39 is 0 Å². The van der Waals surface area contributed by atoms with Crippen LogP contribution in [0.3, 0.4) is 0 Å². The van der Waals surface area contributed by atoms with E-state index >= 15 is 0 Å². The van der Waals surface area contributed by atoms with Crippen LogP contribution in [0.5, 0.6) is 34.5 Å². The van der Waals surface area contributed by atoms with Crippen LogP contribution in [-0.2, 0) is 0 Å². The maximum atomic E-state index is 5.56. The predicted octanol–water partition coefficient (Wildman–Crippen LogP) is 3.19. The molecule has 7 nitrogen and oxygen atoms in total. The first-order valence-corrected chi connectivity index (χ1v) is 7.26. The van der Waals surface area contributed by atoms with Crippen LogP contribution < -0.4 is 33.7 Å². The highest BCUT2D eigenvalue weighted by Gasteiger charge is 2.24. The molecule has 1 aliphatic heterocycles. The molecule has 0 bridgehead atoms. The zero-order valence-electron chi connectivity index (χ0n) is 14.0. The van der Waals surface area contributed by atoms with Crippen molar-refractivity contribution in [2.75, 3.05) is 40.5 Å². The number of nitrogens with one attached hydrogen (secondary N) is 1. The molecular formula is C17H19NO6. The standard InChI is InChI=1S/C17H19NO6/c1-19-12-7-5-10(14(21-3)16(12)22-4)18-11-6-8-13(20-2)17-15(11)23-9-24-17/h5-8,18H,9H2,1-4H3. The molecule has 0 atom stereocenters. The van der Waals surface area contributed by atoms with Crippen LogP contribution in [0.15, 0.2) is 24.3 Å². The van der Waals surface area contributed by atoms with Gasteiger partial charge in [0, 0.05) is 0 Å². The molecule has 1 heterocycles. The van der Waals surface area contributed by atoms with Gasteiger partial charge >= 0.3 is 0 Å². The fraction of sp³-hybridized carbons (Fsp3) is 0.294. The number of rotatable bonds is 6. The molecule has 0 spiro atoms. The average molecular weight is 333 g/mol. The first kappa shape index (κ1) is 15.9. The minimum atomic E-state index is 0.146. The van der Waals surface area contributed by atoms with E-state index in [-0.39, 0.29) is 6.79 Å². The smallest absolute Gasteiger partial charge is 0.231 e. The molecule has 0 radical (unpaired) electrons. The van der Waals surface area contributed by atoms with Crippen molar-refractivity contribution < 1.29 is 28.4 Å². The monoisotopic (exact) mass is 333 g/mol. The first-order valence-electron chi connectivity index (χ1n) is 7.26. The fourth-order valence-electron chi connectivity index (χ4n) is 2.58. The minimum absolute atomic E-state index is 0.146. The van der Waals surface area contributed by atoms with Crippen molar-refractivity contribution in [1.29, 1.82) is 0 Å². The van der Waals surface area contributed by atoms with E-state index in [0.29, 0.717) is 40.2 Å². The number of hydrogen-bond acceptors (Lipinski definition) is 7. The van der Waals surface area contributed by atoms with E-state index in [1.54, 1.807) is 34.5 Å². The molecule has 0 saturated carbocycles. The van der Waals surface area contributed by atoms with Crippen molar-refractivity contribution in [3.63, 3.8) is 0 Å². The number of anilines is 2. The van der Waals surface area contributed by atoms with Crippen LogP contribution in [-0.4, -0.2) is 35.2 Å². The molecule has 0 amide bonds. The molecule has 0 saturated heterocycles. The Hall–Kier alpha value is -2.96. The third kappa shape index (κ3) is 2.58. The summed E-state index contributed by atoms with van der Waals surface area (Å²) in [6.45, 7) is 0.146. The largest absolute Gasteiger partial charge is 0.493 e. The maximum absolute atomic E-state index is 5.56. The zero-order chi connectivity index (χ0) is 17.1. The first-order chi connectivity index (χ1) is 11.7. The van der Waals surface area contributed by atoms with Crippen molar-refractivity contribution in [2.24, 2.45) is 0 Å². The minimum Gasteiger partial charge on any atom is -0.493 e. The third-order valence-electron chi connectivity index (χ3n) is 3.68. The molecule has 0 aliphatic carbocycles. The number of fused-ring (bicyclic) bond motifs is 1. The summed E-state index contributed by atoms with van der Waals surface area (Å²) in [5, 5.41) is 3.28. The predicted molar refractivity (Wildman–Crippen MR) is 88.5 cm³/mol. The Labute approximate surface area is 140 Å². The second-order valence-corrected chi connectivity index (χ2v) is 4.89. The van der Waals surface area contributed by atoms with Gasteiger partial charge < -0.3 is 33.7 Å². The van der Waals surface area contributed by atoms with Gasteiger partial charge in [0.05, 0.1) is 39.8 Å². The molecule has 128 valence electrons. The summed E-state index contributed by atoms with van der Waals surface area (Å²) in [6, 6.07) is 7.29. The lowest BCUT2D eigenvalue weighted by molar-refractivity contribution is 0.171. The lowest BCUT2D eigenvalue weighted by Gasteiger charge is -2.17. The molecule has 0 fully saturated rings. The van der Waals surface area contributed by atoms with E-state index in [0.717, 1.165) is 5.69 Å². The number of ether oxygens (including phenoxy) is 6. The third-order valence-corrected chi connectivity index (χ3v) is 3.68. The second-order valence-electron chi connectivity index (χ2n) is 4.89. The van der Waals surface area contributed by atoms with Gasteiger partial charge in [-0.1, -0.05) is 0 Å². The Morgan fingerprint density at radius 3 is 2.00 bits per heavy atom. The van der Waals surface area contributed by atoms with Crippen LogP contribution >= 0.6 is 0 Å². The molecule has 0 unspecified atom stereocenters. The highest BCUT2D eigenvalue weighted by atomic mass is 16.7. The molecule has 7 heteroatoms. The molecule has 0 aromatic heterocycles. The summed E-state index contributed by atoms with van der Waals surface area (Å²) in [7, 11) is 6.29. The molecule has 1 N–H and O–H groups in total. The van der Waals surface area contributed by atoms with Gasteiger partial charge in [-0.3, -0.25) is 0 Å². The lowest BCUT2D eigenvalue weighted by Crippen LogP contribution is -2.00. The van der Waals surface area contributed by atoms with E-state index in [4.69, 9.17) is 28.4 Å². The van der Waals surface area contributed by atoms with Gasteiger partial charge in [-0.15, -0.1) is 0 Å². The van der Waals surface area contributed by atoms with Crippen molar-refractivity contribution in [2.45, 2.75) is 0 Å². The summed E-state index contributed by atoms with van der Waals surface area (Å²) >= 11 is 0. The number of benzene rings is 2. The second kappa shape index (κ2) is 6.66. The van der Waals surface area contributed by atoms with Crippen molar-refractivity contribution in [3.8, 4) is 34.5 Å². The SMILES string of the molecule is COc1ccc(Nc2ccc(OC)c3c2OCO3)c(OC)c1OC. The molecular weight excluding hydrogens is 314 g/mol. The van der Waals surface area contributed by atoms with Gasteiger partial charge in [-0.05, 0) is 24.3 Å². The Bertz CT molecular complexity index is 746. The Morgan fingerprint density at radius 1 is 0.708 bits per heavy atom. The lowest BCUT2D eigenvalue weighted by atomic mass is 10.2. The van der Waals surface area contributed by atoms with Gasteiger partial charge in [0.1, 0.15) is 0 Å². The summed E-state index contributed by atoms with van der Waals surface area (Å²) in [5.41, 5.74) is 1.44.